The Bertz CT molecular complexity index is 686. The fourth-order valence-electron chi connectivity index (χ4n) is 3.12. The normalized spacial score (nSPS) is 19.4. The highest BCUT2D eigenvalue weighted by Crippen LogP contribution is 2.31. The summed E-state index contributed by atoms with van der Waals surface area (Å²) < 4.78 is 38.5. The molecule has 3 nitrogen and oxygen atoms in total. The predicted molar refractivity (Wildman–Crippen MR) is 86.4 cm³/mol. The highest BCUT2D eigenvalue weighted by molar-refractivity contribution is 5.33. The van der Waals surface area contributed by atoms with Crippen LogP contribution in [0.2, 0.25) is 0 Å². The number of piperazine rings is 1. The van der Waals surface area contributed by atoms with Gasteiger partial charge in [0.15, 0.2) is 0 Å². The third-order valence-electron chi connectivity index (χ3n) is 4.49. The summed E-state index contributed by atoms with van der Waals surface area (Å²) in [4.78, 5) is 6.36. The second-order valence-corrected chi connectivity index (χ2v) is 6.11. The number of nitrogens with zero attached hydrogens (tertiary/aromatic N) is 2. The fourth-order valence-corrected chi connectivity index (χ4v) is 3.12. The Morgan fingerprint density at radius 2 is 1.96 bits per heavy atom. The number of aryl methyl sites for hydroxylation is 1. The number of alkyl halides is 3. The zero-order valence-corrected chi connectivity index (χ0v) is 13.5. The van der Waals surface area contributed by atoms with E-state index in [4.69, 9.17) is 0 Å². The maximum atomic E-state index is 12.8. The van der Waals surface area contributed by atoms with Crippen LogP contribution in [0.3, 0.4) is 0 Å². The molecule has 0 saturated carbocycles. The minimum Gasteiger partial charge on any atom is -0.314 e. The first-order valence-electron chi connectivity index (χ1n) is 7.96. The molecule has 2 heterocycles. The Morgan fingerprint density at radius 1 is 1.21 bits per heavy atom. The molecule has 24 heavy (non-hydrogen) atoms. The molecule has 1 aliphatic rings. The van der Waals surface area contributed by atoms with E-state index in [9.17, 15) is 13.2 Å². The van der Waals surface area contributed by atoms with Crippen molar-refractivity contribution in [2.45, 2.75) is 25.7 Å². The lowest BCUT2D eigenvalue weighted by Gasteiger charge is -2.36. The van der Waals surface area contributed by atoms with Crippen molar-refractivity contribution in [3.8, 4) is 0 Å². The van der Waals surface area contributed by atoms with Crippen LogP contribution in [0.25, 0.3) is 0 Å². The van der Waals surface area contributed by atoms with Gasteiger partial charge in [0.25, 0.3) is 0 Å². The van der Waals surface area contributed by atoms with Gasteiger partial charge in [-0.1, -0.05) is 6.07 Å². The number of hydrogen-bond donors (Lipinski definition) is 1. The fraction of sp³-hybridized carbons (Fsp3) is 0.389. The molecular formula is C18H20F3N3. The maximum Gasteiger partial charge on any atom is 0.416 e. The van der Waals surface area contributed by atoms with E-state index >= 15 is 0 Å². The van der Waals surface area contributed by atoms with Crippen LogP contribution in [0.15, 0.2) is 42.7 Å². The lowest BCUT2D eigenvalue weighted by atomic mass is 10.0. The van der Waals surface area contributed by atoms with Crippen molar-refractivity contribution in [3.63, 3.8) is 0 Å². The first-order chi connectivity index (χ1) is 11.4. The highest BCUT2D eigenvalue weighted by atomic mass is 19.4. The van der Waals surface area contributed by atoms with Crippen molar-refractivity contribution in [1.29, 1.82) is 0 Å². The summed E-state index contributed by atoms with van der Waals surface area (Å²) in [5.41, 5.74) is 2.19. The first-order valence-corrected chi connectivity index (χ1v) is 7.96. The molecule has 1 saturated heterocycles. The number of hydrogen-bond acceptors (Lipinski definition) is 3. The molecule has 1 aromatic carbocycles. The minimum absolute atomic E-state index is 0.198. The monoisotopic (exact) mass is 335 g/mol. The molecule has 0 aliphatic carbocycles. The standard InChI is InChI=1S/C18H20F3N3/c1-13-10-16(18(19,20)21)3-2-15(13)12-24-9-8-23-11-17(24)14-4-6-22-7-5-14/h2-7,10,17,23H,8-9,11-12H2,1H3. The molecule has 0 amide bonds. The third-order valence-corrected chi connectivity index (χ3v) is 4.49. The summed E-state index contributed by atoms with van der Waals surface area (Å²) in [5.74, 6) is 0. The van der Waals surface area contributed by atoms with E-state index in [0.717, 1.165) is 25.2 Å². The molecule has 0 spiro atoms. The molecule has 1 N–H and O–H groups in total. The second-order valence-electron chi connectivity index (χ2n) is 6.11. The van der Waals surface area contributed by atoms with E-state index in [1.165, 1.54) is 17.7 Å². The molecule has 1 fully saturated rings. The number of rotatable bonds is 3. The first kappa shape index (κ1) is 16.9. The summed E-state index contributed by atoms with van der Waals surface area (Å²) in [7, 11) is 0. The van der Waals surface area contributed by atoms with Crippen molar-refractivity contribution in [3.05, 3.63) is 65.0 Å². The SMILES string of the molecule is Cc1cc(C(F)(F)F)ccc1CN1CCNCC1c1ccncc1. The van der Waals surface area contributed by atoms with E-state index in [1.807, 2.05) is 12.1 Å². The van der Waals surface area contributed by atoms with Gasteiger partial charge in [0.2, 0.25) is 0 Å². The number of aromatic nitrogens is 1. The van der Waals surface area contributed by atoms with Gasteiger partial charge in [-0.3, -0.25) is 9.88 Å². The molecule has 6 heteroatoms. The molecule has 0 radical (unpaired) electrons. The lowest BCUT2D eigenvalue weighted by molar-refractivity contribution is -0.137. The average molecular weight is 335 g/mol. The van der Waals surface area contributed by atoms with Gasteiger partial charge >= 0.3 is 6.18 Å². The molecule has 1 aliphatic heterocycles. The minimum atomic E-state index is -4.29. The third kappa shape index (κ3) is 3.76. The number of pyridine rings is 1. The highest BCUT2D eigenvalue weighted by Gasteiger charge is 2.31. The van der Waals surface area contributed by atoms with Gasteiger partial charge in [0, 0.05) is 44.6 Å². The molecule has 0 bridgehead atoms. The van der Waals surface area contributed by atoms with Crippen LogP contribution in [0.5, 0.6) is 0 Å². The van der Waals surface area contributed by atoms with E-state index in [-0.39, 0.29) is 6.04 Å². The van der Waals surface area contributed by atoms with E-state index in [1.54, 1.807) is 25.4 Å². The second kappa shape index (κ2) is 6.91. The van der Waals surface area contributed by atoms with E-state index < -0.39 is 11.7 Å². The zero-order chi connectivity index (χ0) is 17.2. The summed E-state index contributed by atoms with van der Waals surface area (Å²) >= 11 is 0. The number of benzene rings is 1. The van der Waals surface area contributed by atoms with Gasteiger partial charge in [-0.25, -0.2) is 0 Å². The molecule has 1 unspecified atom stereocenters. The largest absolute Gasteiger partial charge is 0.416 e. The Balaban J connectivity index is 1.81. The van der Waals surface area contributed by atoms with Gasteiger partial charge in [0.1, 0.15) is 0 Å². The van der Waals surface area contributed by atoms with Crippen LogP contribution in [-0.4, -0.2) is 29.5 Å². The smallest absolute Gasteiger partial charge is 0.314 e. The number of nitrogens with one attached hydrogen (secondary N) is 1. The molecule has 2 aromatic rings. The summed E-state index contributed by atoms with van der Waals surface area (Å²) in [5, 5.41) is 3.38. The molecule has 1 atom stereocenters. The summed E-state index contributed by atoms with van der Waals surface area (Å²) in [6.07, 6.45) is -0.755. The van der Waals surface area contributed by atoms with Crippen LogP contribution in [0.4, 0.5) is 13.2 Å². The molecular weight excluding hydrogens is 315 g/mol. The van der Waals surface area contributed by atoms with E-state index in [2.05, 4.69) is 15.2 Å². The predicted octanol–water partition coefficient (Wildman–Crippen LogP) is 3.56. The van der Waals surface area contributed by atoms with E-state index in [0.29, 0.717) is 12.1 Å². The van der Waals surface area contributed by atoms with Crippen LogP contribution < -0.4 is 5.32 Å². The average Bonchev–Trinajstić information content (AvgIpc) is 2.57. The Labute approximate surface area is 139 Å². The molecule has 1 aromatic heterocycles. The Hall–Kier alpha value is -1.92. The van der Waals surface area contributed by atoms with Crippen LogP contribution >= 0.6 is 0 Å². The van der Waals surface area contributed by atoms with Gasteiger partial charge < -0.3 is 5.32 Å². The number of halogens is 3. The van der Waals surface area contributed by atoms with Crippen molar-refractivity contribution >= 4 is 0 Å². The summed E-state index contributed by atoms with van der Waals surface area (Å²) in [6, 6.07) is 8.19. The van der Waals surface area contributed by atoms with Gasteiger partial charge in [-0.15, -0.1) is 0 Å². The quantitative estimate of drug-likeness (QED) is 0.930. The van der Waals surface area contributed by atoms with Crippen molar-refractivity contribution in [2.24, 2.45) is 0 Å². The van der Waals surface area contributed by atoms with Crippen molar-refractivity contribution < 1.29 is 13.2 Å². The van der Waals surface area contributed by atoms with Gasteiger partial charge in [0.05, 0.1) is 5.56 Å². The molecule has 3 rings (SSSR count). The Morgan fingerprint density at radius 3 is 2.62 bits per heavy atom. The Kier molecular flexibility index (Phi) is 4.87. The van der Waals surface area contributed by atoms with Gasteiger partial charge in [-0.2, -0.15) is 13.2 Å². The topological polar surface area (TPSA) is 28.2 Å². The lowest BCUT2D eigenvalue weighted by Crippen LogP contribution is -2.45. The molecule has 128 valence electrons. The summed E-state index contributed by atoms with van der Waals surface area (Å²) in [6.45, 7) is 4.94. The van der Waals surface area contributed by atoms with Crippen LogP contribution in [0.1, 0.15) is 28.3 Å². The van der Waals surface area contributed by atoms with Gasteiger partial charge in [-0.05, 0) is 47.9 Å². The van der Waals surface area contributed by atoms with Crippen LogP contribution in [0, 0.1) is 6.92 Å². The zero-order valence-electron chi connectivity index (χ0n) is 13.5. The maximum absolute atomic E-state index is 12.8. The van der Waals surface area contributed by atoms with Crippen molar-refractivity contribution in [2.75, 3.05) is 19.6 Å². The van der Waals surface area contributed by atoms with Crippen molar-refractivity contribution in [1.82, 2.24) is 15.2 Å². The van der Waals surface area contributed by atoms with Crippen LogP contribution in [-0.2, 0) is 12.7 Å².